The summed E-state index contributed by atoms with van der Waals surface area (Å²) in [5.74, 6) is -0.0415. The van der Waals surface area contributed by atoms with Crippen LogP contribution in [0, 0.1) is 21.4 Å². The van der Waals surface area contributed by atoms with Crippen molar-refractivity contribution in [1.29, 1.82) is 0 Å². The largest absolute Gasteiger partial charge is 0.373 e. The van der Waals surface area contributed by atoms with E-state index < -0.39 is 20.6 Å². The normalized spacial score (nSPS) is 26.7. The molecule has 2 aromatic rings. The molecule has 164 valence electrons. The van der Waals surface area contributed by atoms with Gasteiger partial charge in [-0.25, -0.2) is 8.42 Å². The van der Waals surface area contributed by atoms with E-state index in [0.29, 0.717) is 19.6 Å². The zero-order valence-electron chi connectivity index (χ0n) is 17.4. The molecule has 0 amide bonds. The number of para-hydroxylation sites is 1. The summed E-state index contributed by atoms with van der Waals surface area (Å²) in [7, 11) is -4.03. The molecular formula is C23H26N2O5S. The second-order valence-electron chi connectivity index (χ2n) is 8.51. The smallest absolute Gasteiger partial charge is 0.289 e. The van der Waals surface area contributed by atoms with Crippen LogP contribution in [-0.2, 0) is 14.8 Å². The lowest BCUT2D eigenvalue weighted by Gasteiger charge is -2.42. The molecule has 2 aliphatic heterocycles. The minimum Gasteiger partial charge on any atom is -0.373 e. The zero-order chi connectivity index (χ0) is 22.2. The molecule has 2 aliphatic rings. The lowest BCUT2D eigenvalue weighted by Crippen LogP contribution is -2.39. The van der Waals surface area contributed by atoms with Gasteiger partial charge in [0.15, 0.2) is 4.90 Å². The topological polar surface area (TPSA) is 89.8 Å². The quantitative estimate of drug-likeness (QED) is 0.391. The Kier molecular flexibility index (Phi) is 5.72. The number of nitrogens with zero attached hydrogens (tertiary/aromatic N) is 2. The van der Waals surface area contributed by atoms with Crippen LogP contribution in [0.3, 0.4) is 0 Å². The summed E-state index contributed by atoms with van der Waals surface area (Å²) in [5.41, 5.74) is 1.28. The minimum atomic E-state index is -4.03. The van der Waals surface area contributed by atoms with Crippen molar-refractivity contribution in [3.8, 4) is 0 Å². The summed E-state index contributed by atoms with van der Waals surface area (Å²) < 4.78 is 34.4. The van der Waals surface area contributed by atoms with Gasteiger partial charge in [0.25, 0.3) is 5.69 Å². The van der Waals surface area contributed by atoms with Crippen LogP contribution in [0.1, 0.15) is 31.4 Å². The van der Waals surface area contributed by atoms with Crippen molar-refractivity contribution in [2.45, 2.75) is 30.8 Å². The molecule has 2 heterocycles. The van der Waals surface area contributed by atoms with Crippen molar-refractivity contribution in [2.24, 2.45) is 11.3 Å². The first-order valence-electron chi connectivity index (χ1n) is 10.3. The second kappa shape index (κ2) is 8.18. The van der Waals surface area contributed by atoms with Crippen LogP contribution in [0.5, 0.6) is 0 Å². The number of nitro benzene ring substituents is 1. The fourth-order valence-corrected chi connectivity index (χ4v) is 6.73. The third-order valence-electron chi connectivity index (χ3n) is 6.57. The number of rotatable bonds is 5. The molecule has 31 heavy (non-hydrogen) atoms. The molecular weight excluding hydrogens is 416 g/mol. The van der Waals surface area contributed by atoms with Gasteiger partial charge in [-0.2, -0.15) is 4.31 Å². The third-order valence-corrected chi connectivity index (χ3v) is 8.43. The Labute approximate surface area is 182 Å². The molecule has 0 unspecified atom stereocenters. The molecule has 0 N–H and O–H groups in total. The van der Waals surface area contributed by atoms with Crippen LogP contribution in [0.2, 0.25) is 0 Å². The van der Waals surface area contributed by atoms with Gasteiger partial charge < -0.3 is 4.74 Å². The number of hydrogen-bond donors (Lipinski definition) is 0. The Morgan fingerprint density at radius 2 is 1.87 bits per heavy atom. The Hall–Kier alpha value is -2.55. The molecule has 2 aromatic carbocycles. The highest BCUT2D eigenvalue weighted by Gasteiger charge is 2.53. The predicted octanol–water partition coefficient (Wildman–Crippen LogP) is 4.33. The van der Waals surface area contributed by atoms with Gasteiger partial charge in [0, 0.05) is 31.7 Å². The van der Waals surface area contributed by atoms with E-state index in [1.807, 2.05) is 37.3 Å². The monoisotopic (exact) mass is 442 g/mol. The first kappa shape index (κ1) is 21.7. The van der Waals surface area contributed by atoms with Crippen molar-refractivity contribution in [1.82, 2.24) is 4.31 Å². The summed E-state index contributed by atoms with van der Waals surface area (Å²) in [5, 5.41) is 11.4. The molecule has 7 nitrogen and oxygen atoms in total. The average molecular weight is 443 g/mol. The van der Waals surface area contributed by atoms with Crippen molar-refractivity contribution >= 4 is 15.7 Å². The lowest BCUT2D eigenvalue weighted by molar-refractivity contribution is -0.387. The van der Waals surface area contributed by atoms with Crippen LogP contribution < -0.4 is 0 Å². The summed E-state index contributed by atoms with van der Waals surface area (Å²) in [6.45, 7) is 7.18. The molecule has 0 saturated carbocycles. The van der Waals surface area contributed by atoms with Crippen LogP contribution in [0.25, 0.3) is 0 Å². The van der Waals surface area contributed by atoms with Gasteiger partial charge >= 0.3 is 0 Å². The van der Waals surface area contributed by atoms with Gasteiger partial charge in [0.2, 0.25) is 10.0 Å². The Balaban J connectivity index is 1.69. The van der Waals surface area contributed by atoms with Crippen molar-refractivity contribution in [3.05, 3.63) is 82.4 Å². The number of nitro groups is 1. The van der Waals surface area contributed by atoms with Crippen molar-refractivity contribution in [3.63, 3.8) is 0 Å². The highest BCUT2D eigenvalue weighted by atomic mass is 32.2. The molecule has 3 atom stereocenters. The fraction of sp³-hybridized carbons (Fsp3) is 0.391. The average Bonchev–Trinajstić information content (AvgIpc) is 3.14. The maximum atomic E-state index is 13.5. The molecule has 2 saturated heterocycles. The van der Waals surface area contributed by atoms with Crippen LogP contribution >= 0.6 is 0 Å². The molecule has 4 rings (SSSR count). The van der Waals surface area contributed by atoms with Gasteiger partial charge in [0.05, 0.1) is 11.0 Å². The van der Waals surface area contributed by atoms with Gasteiger partial charge in [-0.3, -0.25) is 10.1 Å². The molecule has 8 heteroatoms. The maximum absolute atomic E-state index is 13.5. The summed E-state index contributed by atoms with van der Waals surface area (Å²) in [6, 6.07) is 15.5. The lowest BCUT2D eigenvalue weighted by atomic mass is 9.67. The van der Waals surface area contributed by atoms with Gasteiger partial charge in [0.1, 0.15) is 0 Å². The minimum absolute atomic E-state index is 0.0415. The van der Waals surface area contributed by atoms with Crippen LogP contribution in [0.15, 0.2) is 71.6 Å². The van der Waals surface area contributed by atoms with E-state index in [-0.39, 0.29) is 28.9 Å². The SMILES string of the molecule is C=C(C)[C@H]1CN(S(=O)(=O)c2ccccc2[N+](=O)[O-])C[C@]12CCO[C@H](c1ccccc1)C2. The van der Waals surface area contributed by atoms with Crippen LogP contribution in [0.4, 0.5) is 5.69 Å². The van der Waals surface area contributed by atoms with E-state index in [4.69, 9.17) is 4.74 Å². The predicted molar refractivity (Wildman–Crippen MR) is 117 cm³/mol. The van der Waals surface area contributed by atoms with Crippen LogP contribution in [-0.4, -0.2) is 37.3 Å². The molecule has 0 aliphatic carbocycles. The van der Waals surface area contributed by atoms with Crippen molar-refractivity contribution < 1.29 is 18.1 Å². The first-order chi connectivity index (χ1) is 14.7. The highest BCUT2D eigenvalue weighted by Crippen LogP contribution is 2.52. The standard InChI is InChI=1S/C23H26N2O5S/c1-17(2)19-15-24(31(28,29)22-11-7-6-10-20(22)25(26)27)16-23(19)12-13-30-21(14-23)18-8-4-3-5-9-18/h3-11,19,21H,1,12-16H2,2H3/t19-,21+,23-/m1/s1. The Morgan fingerprint density at radius 1 is 1.19 bits per heavy atom. The van der Waals surface area contributed by atoms with E-state index in [1.165, 1.54) is 28.6 Å². The number of hydrogen-bond acceptors (Lipinski definition) is 5. The van der Waals surface area contributed by atoms with E-state index in [2.05, 4.69) is 6.58 Å². The number of benzene rings is 2. The molecule has 2 fully saturated rings. The Morgan fingerprint density at radius 3 is 2.55 bits per heavy atom. The van der Waals surface area contributed by atoms with E-state index in [1.54, 1.807) is 0 Å². The van der Waals surface area contributed by atoms with Gasteiger partial charge in [-0.1, -0.05) is 54.6 Å². The highest BCUT2D eigenvalue weighted by molar-refractivity contribution is 7.89. The van der Waals surface area contributed by atoms with Gasteiger partial charge in [-0.05, 0) is 36.8 Å². The number of ether oxygens (including phenoxy) is 1. The fourth-order valence-electron chi connectivity index (χ4n) is 5.03. The first-order valence-corrected chi connectivity index (χ1v) is 11.7. The van der Waals surface area contributed by atoms with E-state index in [0.717, 1.165) is 17.6 Å². The molecule has 0 aromatic heterocycles. The molecule has 1 spiro atoms. The molecule has 0 bridgehead atoms. The molecule has 0 radical (unpaired) electrons. The van der Waals surface area contributed by atoms with Crippen molar-refractivity contribution in [2.75, 3.05) is 19.7 Å². The summed E-state index contributed by atoms with van der Waals surface area (Å²) in [6.07, 6.45) is 1.28. The van der Waals surface area contributed by atoms with E-state index >= 15 is 0 Å². The van der Waals surface area contributed by atoms with Gasteiger partial charge in [-0.15, -0.1) is 0 Å². The maximum Gasteiger partial charge on any atom is 0.289 e. The number of sulfonamides is 1. The summed E-state index contributed by atoms with van der Waals surface area (Å²) in [4.78, 5) is 10.5. The Bertz CT molecular complexity index is 1100. The third kappa shape index (κ3) is 3.91. The summed E-state index contributed by atoms with van der Waals surface area (Å²) >= 11 is 0. The zero-order valence-corrected chi connectivity index (χ0v) is 18.3. The van der Waals surface area contributed by atoms with E-state index in [9.17, 15) is 18.5 Å². The second-order valence-corrected chi connectivity index (χ2v) is 10.4.